The molecule has 0 unspecified atom stereocenters. The highest BCUT2D eigenvalue weighted by Gasteiger charge is 2.14. The Kier molecular flexibility index (Phi) is 1.51. The molecular formula is C12H11NO. The second kappa shape index (κ2) is 2.71. The van der Waals surface area contributed by atoms with Crippen LogP contribution in [0.15, 0.2) is 24.4 Å². The first-order chi connectivity index (χ1) is 6.90. The van der Waals surface area contributed by atoms with Crippen LogP contribution in [0.3, 0.4) is 0 Å². The van der Waals surface area contributed by atoms with Gasteiger partial charge in [-0.1, -0.05) is 18.2 Å². The molecule has 0 spiro atoms. The topological polar surface area (TPSA) is 22.0 Å². The van der Waals surface area contributed by atoms with E-state index in [4.69, 9.17) is 0 Å². The summed E-state index contributed by atoms with van der Waals surface area (Å²) in [5, 5.41) is 1.11. The fraction of sp³-hybridized carbons (Fsp3) is 0.250. The molecule has 0 saturated carbocycles. The highest BCUT2D eigenvalue weighted by atomic mass is 16.1. The maximum absolute atomic E-state index is 10.9. The van der Waals surface area contributed by atoms with Gasteiger partial charge in [0.2, 0.25) is 0 Å². The van der Waals surface area contributed by atoms with Crippen molar-refractivity contribution in [2.75, 3.05) is 0 Å². The van der Waals surface area contributed by atoms with Gasteiger partial charge in [-0.15, -0.1) is 0 Å². The number of nitrogens with zero attached hydrogens (tertiary/aromatic N) is 1. The first-order valence-electron chi connectivity index (χ1n) is 4.96. The SMILES string of the molecule is O=Cc1cn2c3c(cccc13)CCC2. The number of hydrogen-bond donors (Lipinski definition) is 0. The zero-order chi connectivity index (χ0) is 9.54. The van der Waals surface area contributed by atoms with Gasteiger partial charge in [-0.3, -0.25) is 4.79 Å². The van der Waals surface area contributed by atoms with E-state index in [1.165, 1.54) is 17.5 Å². The number of hydrogen-bond acceptors (Lipinski definition) is 1. The van der Waals surface area contributed by atoms with Crippen molar-refractivity contribution in [2.24, 2.45) is 0 Å². The molecule has 1 aromatic carbocycles. The average Bonchev–Trinajstić information content (AvgIpc) is 2.60. The number of rotatable bonds is 1. The van der Waals surface area contributed by atoms with Crippen LogP contribution in [-0.2, 0) is 13.0 Å². The van der Waals surface area contributed by atoms with Crippen LogP contribution in [0.2, 0.25) is 0 Å². The maximum Gasteiger partial charge on any atom is 0.152 e. The minimum Gasteiger partial charge on any atom is -0.347 e. The molecule has 0 saturated heterocycles. The van der Waals surface area contributed by atoms with Gasteiger partial charge < -0.3 is 4.57 Å². The lowest BCUT2D eigenvalue weighted by atomic mass is 10.0. The second-order valence-corrected chi connectivity index (χ2v) is 3.81. The fourth-order valence-electron chi connectivity index (χ4n) is 2.38. The molecule has 2 heteroatoms. The molecule has 14 heavy (non-hydrogen) atoms. The second-order valence-electron chi connectivity index (χ2n) is 3.81. The van der Waals surface area contributed by atoms with Gasteiger partial charge in [0.15, 0.2) is 6.29 Å². The van der Waals surface area contributed by atoms with Crippen LogP contribution in [0.5, 0.6) is 0 Å². The van der Waals surface area contributed by atoms with Gasteiger partial charge in [0, 0.05) is 23.7 Å². The maximum atomic E-state index is 10.9. The van der Waals surface area contributed by atoms with Crippen molar-refractivity contribution < 1.29 is 4.79 Å². The number of aromatic nitrogens is 1. The molecular weight excluding hydrogens is 174 g/mol. The summed E-state index contributed by atoms with van der Waals surface area (Å²) in [5.74, 6) is 0. The van der Waals surface area contributed by atoms with Crippen LogP contribution >= 0.6 is 0 Å². The molecule has 0 radical (unpaired) electrons. The molecule has 0 atom stereocenters. The molecule has 1 aliphatic heterocycles. The summed E-state index contributed by atoms with van der Waals surface area (Å²) in [6.45, 7) is 1.04. The molecule has 0 N–H and O–H groups in total. The van der Waals surface area contributed by atoms with Gasteiger partial charge in [-0.25, -0.2) is 0 Å². The summed E-state index contributed by atoms with van der Waals surface area (Å²) >= 11 is 0. The van der Waals surface area contributed by atoms with E-state index in [9.17, 15) is 4.79 Å². The van der Waals surface area contributed by atoms with Crippen molar-refractivity contribution >= 4 is 17.2 Å². The van der Waals surface area contributed by atoms with Gasteiger partial charge >= 0.3 is 0 Å². The van der Waals surface area contributed by atoms with Crippen molar-refractivity contribution in [3.8, 4) is 0 Å². The fourth-order valence-corrected chi connectivity index (χ4v) is 2.38. The summed E-state index contributed by atoms with van der Waals surface area (Å²) in [7, 11) is 0. The lowest BCUT2D eigenvalue weighted by Crippen LogP contribution is -2.05. The lowest BCUT2D eigenvalue weighted by Gasteiger charge is -2.14. The van der Waals surface area contributed by atoms with E-state index in [0.717, 1.165) is 30.2 Å². The molecule has 2 heterocycles. The Bertz CT molecular complexity index is 510. The molecule has 3 rings (SSSR count). The average molecular weight is 185 g/mol. The largest absolute Gasteiger partial charge is 0.347 e. The van der Waals surface area contributed by atoms with Crippen molar-refractivity contribution in [1.82, 2.24) is 4.57 Å². The van der Waals surface area contributed by atoms with E-state index in [1.54, 1.807) is 0 Å². The van der Waals surface area contributed by atoms with Crippen LogP contribution in [0.1, 0.15) is 22.3 Å². The number of benzene rings is 1. The van der Waals surface area contributed by atoms with Crippen LogP contribution in [0.4, 0.5) is 0 Å². The minimum absolute atomic E-state index is 0.823. The Labute approximate surface area is 82.1 Å². The van der Waals surface area contributed by atoms with Crippen LogP contribution < -0.4 is 0 Å². The Hall–Kier alpha value is -1.57. The molecule has 70 valence electrons. The summed E-state index contributed by atoms with van der Waals surface area (Å²) in [4.78, 5) is 10.9. The number of carbonyl (C=O) groups is 1. The van der Waals surface area contributed by atoms with Gasteiger partial charge in [0.1, 0.15) is 0 Å². The van der Waals surface area contributed by atoms with Crippen LogP contribution in [0.25, 0.3) is 10.9 Å². The third-order valence-corrected chi connectivity index (χ3v) is 2.98. The summed E-state index contributed by atoms with van der Waals surface area (Å²) in [6, 6.07) is 6.23. The molecule has 2 aromatic rings. The minimum atomic E-state index is 0.823. The molecule has 1 aliphatic rings. The van der Waals surface area contributed by atoms with E-state index in [1.807, 2.05) is 18.3 Å². The zero-order valence-corrected chi connectivity index (χ0v) is 7.86. The Morgan fingerprint density at radius 2 is 2.29 bits per heavy atom. The smallest absolute Gasteiger partial charge is 0.152 e. The number of aldehydes is 1. The molecule has 0 aliphatic carbocycles. The lowest BCUT2D eigenvalue weighted by molar-refractivity contribution is 0.112. The first-order valence-corrected chi connectivity index (χ1v) is 4.96. The third kappa shape index (κ3) is 0.882. The van der Waals surface area contributed by atoms with E-state index in [-0.39, 0.29) is 0 Å². The predicted octanol–water partition coefficient (Wildman–Crippen LogP) is 2.40. The monoisotopic (exact) mass is 185 g/mol. The van der Waals surface area contributed by atoms with E-state index in [2.05, 4.69) is 10.6 Å². The van der Waals surface area contributed by atoms with E-state index < -0.39 is 0 Å². The number of carbonyl (C=O) groups excluding carboxylic acids is 1. The molecule has 0 fully saturated rings. The van der Waals surface area contributed by atoms with E-state index in [0.29, 0.717) is 0 Å². The first kappa shape index (κ1) is 7.80. The van der Waals surface area contributed by atoms with Gasteiger partial charge in [0.05, 0.1) is 5.52 Å². The Morgan fingerprint density at radius 1 is 1.36 bits per heavy atom. The highest BCUT2D eigenvalue weighted by molar-refractivity contribution is 5.99. The molecule has 0 amide bonds. The summed E-state index contributed by atoms with van der Waals surface area (Å²) < 4.78 is 2.21. The Morgan fingerprint density at radius 3 is 3.14 bits per heavy atom. The standard InChI is InChI=1S/C12H11NO/c14-8-10-7-13-6-2-4-9-3-1-5-11(10)12(9)13/h1,3,5,7-8H,2,4,6H2. The van der Waals surface area contributed by atoms with E-state index >= 15 is 0 Å². The molecule has 1 aromatic heterocycles. The molecule has 2 nitrogen and oxygen atoms in total. The van der Waals surface area contributed by atoms with Crippen molar-refractivity contribution in [1.29, 1.82) is 0 Å². The third-order valence-electron chi connectivity index (χ3n) is 2.98. The summed E-state index contributed by atoms with van der Waals surface area (Å²) in [6.07, 6.45) is 5.24. The number of para-hydroxylation sites is 1. The van der Waals surface area contributed by atoms with Crippen molar-refractivity contribution in [3.63, 3.8) is 0 Å². The predicted molar refractivity (Wildman–Crippen MR) is 55.6 cm³/mol. The van der Waals surface area contributed by atoms with Gasteiger partial charge in [-0.05, 0) is 18.4 Å². The number of aryl methyl sites for hydroxylation is 2. The van der Waals surface area contributed by atoms with Crippen molar-refractivity contribution in [2.45, 2.75) is 19.4 Å². The molecule has 0 bridgehead atoms. The highest BCUT2D eigenvalue weighted by Crippen LogP contribution is 2.28. The quantitative estimate of drug-likeness (QED) is 0.625. The zero-order valence-electron chi connectivity index (χ0n) is 7.86. The normalized spacial score (nSPS) is 14.6. The van der Waals surface area contributed by atoms with Crippen LogP contribution in [-0.4, -0.2) is 10.9 Å². The van der Waals surface area contributed by atoms with Gasteiger partial charge in [0.25, 0.3) is 0 Å². The summed E-state index contributed by atoms with van der Waals surface area (Å²) in [5.41, 5.74) is 3.46. The Balaban J connectivity index is 2.48. The van der Waals surface area contributed by atoms with Crippen molar-refractivity contribution in [3.05, 3.63) is 35.5 Å². The van der Waals surface area contributed by atoms with Crippen LogP contribution in [0, 0.1) is 0 Å². The van der Waals surface area contributed by atoms with Gasteiger partial charge in [-0.2, -0.15) is 0 Å².